The van der Waals surface area contributed by atoms with Crippen LogP contribution >= 0.6 is 0 Å². The van der Waals surface area contributed by atoms with Crippen LogP contribution in [0.25, 0.3) is 0 Å². The van der Waals surface area contributed by atoms with Crippen LogP contribution in [0.5, 0.6) is 0 Å². The van der Waals surface area contributed by atoms with Crippen LogP contribution in [0, 0.1) is 0 Å². The van der Waals surface area contributed by atoms with Gasteiger partial charge in [-0.2, -0.15) is 0 Å². The van der Waals surface area contributed by atoms with E-state index in [1.165, 1.54) is 22.4 Å². The van der Waals surface area contributed by atoms with Gasteiger partial charge in [0.25, 0.3) is 5.91 Å². The topological polar surface area (TPSA) is 79.7 Å². The first kappa shape index (κ1) is 21.0. The highest BCUT2D eigenvalue weighted by Crippen LogP contribution is 2.21. The SMILES string of the molecule is O=C(C[NH+]1CCc2ccccc2C1)Nc1ccc(S(=O)(=O)NC2CCCCC2)cc1. The Bertz CT molecular complexity index is 983. The van der Waals surface area contributed by atoms with Crippen molar-refractivity contribution >= 4 is 21.6 Å². The van der Waals surface area contributed by atoms with Crippen molar-refractivity contribution in [3.8, 4) is 0 Å². The van der Waals surface area contributed by atoms with Gasteiger partial charge in [-0.1, -0.05) is 43.5 Å². The van der Waals surface area contributed by atoms with Gasteiger partial charge in [0.05, 0.1) is 11.4 Å². The van der Waals surface area contributed by atoms with E-state index in [-0.39, 0.29) is 16.8 Å². The summed E-state index contributed by atoms with van der Waals surface area (Å²) in [6, 6.07) is 14.9. The molecule has 30 heavy (non-hydrogen) atoms. The normalized spacial score (nSPS) is 19.8. The van der Waals surface area contributed by atoms with Crippen molar-refractivity contribution in [2.75, 3.05) is 18.4 Å². The second kappa shape index (κ2) is 9.29. The monoisotopic (exact) mass is 428 g/mol. The summed E-state index contributed by atoms with van der Waals surface area (Å²) < 4.78 is 28.0. The molecule has 2 aliphatic rings. The molecule has 0 saturated heterocycles. The van der Waals surface area contributed by atoms with Gasteiger partial charge in [-0.25, -0.2) is 13.1 Å². The van der Waals surface area contributed by atoms with Crippen LogP contribution in [0.3, 0.4) is 0 Å². The Kier molecular flexibility index (Phi) is 6.51. The first-order valence-electron chi connectivity index (χ1n) is 10.8. The average molecular weight is 429 g/mol. The number of benzene rings is 2. The number of rotatable bonds is 6. The van der Waals surface area contributed by atoms with Crippen LogP contribution < -0.4 is 14.9 Å². The Morgan fingerprint density at radius 3 is 2.40 bits per heavy atom. The minimum atomic E-state index is -3.52. The summed E-state index contributed by atoms with van der Waals surface area (Å²) in [5.41, 5.74) is 3.31. The first-order valence-corrected chi connectivity index (χ1v) is 12.3. The fourth-order valence-corrected chi connectivity index (χ4v) is 5.76. The molecule has 2 aromatic carbocycles. The minimum absolute atomic E-state index is 0.0285. The molecule has 7 heteroatoms. The van der Waals surface area contributed by atoms with E-state index in [1.807, 2.05) is 6.07 Å². The molecule has 3 N–H and O–H groups in total. The molecule has 4 rings (SSSR count). The predicted molar refractivity (Wildman–Crippen MR) is 117 cm³/mol. The van der Waals surface area contributed by atoms with Crippen molar-refractivity contribution in [3.05, 3.63) is 59.7 Å². The Morgan fingerprint density at radius 2 is 1.67 bits per heavy atom. The van der Waals surface area contributed by atoms with E-state index in [1.54, 1.807) is 24.3 Å². The molecule has 1 aliphatic carbocycles. The molecule has 1 amide bonds. The van der Waals surface area contributed by atoms with E-state index in [0.717, 1.165) is 45.2 Å². The molecule has 1 atom stereocenters. The third kappa shape index (κ3) is 5.28. The van der Waals surface area contributed by atoms with Crippen LogP contribution in [-0.2, 0) is 27.8 Å². The van der Waals surface area contributed by atoms with Crippen LogP contribution in [-0.4, -0.2) is 33.5 Å². The van der Waals surface area contributed by atoms with Gasteiger partial charge in [-0.05, 0) is 42.7 Å². The fourth-order valence-electron chi connectivity index (χ4n) is 4.45. The fraction of sp³-hybridized carbons (Fsp3) is 0.435. The van der Waals surface area contributed by atoms with E-state index in [2.05, 4.69) is 28.2 Å². The molecule has 0 spiro atoms. The van der Waals surface area contributed by atoms with E-state index in [4.69, 9.17) is 0 Å². The lowest BCUT2D eigenvalue weighted by atomic mass is 9.96. The van der Waals surface area contributed by atoms with Gasteiger partial charge >= 0.3 is 0 Å². The molecule has 0 aromatic heterocycles. The molecule has 1 aliphatic heterocycles. The standard InChI is InChI=1S/C23H29N3O3S/c27-23(17-26-15-14-18-6-4-5-7-19(18)16-26)24-20-10-12-22(13-11-20)30(28,29)25-21-8-2-1-3-9-21/h4-7,10-13,21,25H,1-3,8-9,14-17H2,(H,24,27)/p+1. The number of sulfonamides is 1. The number of fused-ring (bicyclic) bond motifs is 1. The van der Waals surface area contributed by atoms with Gasteiger partial charge in [-0.15, -0.1) is 0 Å². The maximum Gasteiger partial charge on any atom is 0.279 e. The Balaban J connectivity index is 1.31. The van der Waals surface area contributed by atoms with Crippen LogP contribution in [0.1, 0.15) is 43.2 Å². The summed E-state index contributed by atoms with van der Waals surface area (Å²) in [5.74, 6) is -0.0553. The summed E-state index contributed by atoms with van der Waals surface area (Å²) in [4.78, 5) is 14.0. The van der Waals surface area contributed by atoms with Crippen LogP contribution in [0.4, 0.5) is 5.69 Å². The zero-order valence-corrected chi connectivity index (χ0v) is 18.0. The molecule has 1 fully saturated rings. The maximum atomic E-state index is 12.6. The largest absolute Gasteiger partial charge is 0.323 e. The summed E-state index contributed by atoms with van der Waals surface area (Å²) in [5, 5.41) is 2.90. The lowest BCUT2D eigenvalue weighted by molar-refractivity contribution is -0.907. The van der Waals surface area contributed by atoms with Crippen molar-refractivity contribution in [2.45, 2.75) is 56.0 Å². The average Bonchev–Trinajstić information content (AvgIpc) is 2.74. The highest BCUT2D eigenvalue weighted by molar-refractivity contribution is 7.89. The molecule has 6 nitrogen and oxygen atoms in total. The molecule has 160 valence electrons. The number of carbonyl (C=O) groups is 1. The third-order valence-corrected chi connectivity index (χ3v) is 7.63. The van der Waals surface area contributed by atoms with Crippen molar-refractivity contribution < 1.29 is 18.1 Å². The smallest absolute Gasteiger partial charge is 0.279 e. The summed E-state index contributed by atoms with van der Waals surface area (Å²) in [7, 11) is -3.52. The number of carbonyl (C=O) groups excluding carboxylic acids is 1. The Hall–Kier alpha value is -2.22. The van der Waals surface area contributed by atoms with E-state index in [0.29, 0.717) is 12.2 Å². The van der Waals surface area contributed by atoms with Crippen molar-refractivity contribution in [2.24, 2.45) is 0 Å². The Morgan fingerprint density at radius 1 is 0.967 bits per heavy atom. The molecule has 2 aromatic rings. The van der Waals surface area contributed by atoms with Gasteiger partial charge in [-0.3, -0.25) is 4.79 Å². The quantitative estimate of drug-likeness (QED) is 0.657. The minimum Gasteiger partial charge on any atom is -0.323 e. The van der Waals surface area contributed by atoms with E-state index >= 15 is 0 Å². The number of quaternary nitrogens is 1. The van der Waals surface area contributed by atoms with Gasteiger partial charge in [0.1, 0.15) is 6.54 Å². The third-order valence-electron chi connectivity index (χ3n) is 6.09. The molecule has 0 bridgehead atoms. The number of hydrogen-bond acceptors (Lipinski definition) is 3. The highest BCUT2D eigenvalue weighted by atomic mass is 32.2. The maximum absolute atomic E-state index is 12.6. The number of amides is 1. The van der Waals surface area contributed by atoms with Crippen molar-refractivity contribution in [1.82, 2.24) is 4.72 Å². The second-order valence-electron chi connectivity index (χ2n) is 8.40. The summed E-state index contributed by atoms with van der Waals surface area (Å²) >= 11 is 0. The van der Waals surface area contributed by atoms with Gasteiger partial charge in [0.15, 0.2) is 6.54 Å². The molecular formula is C23H30N3O3S+. The van der Waals surface area contributed by atoms with Gasteiger partial charge in [0.2, 0.25) is 10.0 Å². The van der Waals surface area contributed by atoms with Gasteiger partial charge < -0.3 is 10.2 Å². The van der Waals surface area contributed by atoms with Crippen LogP contribution in [0.15, 0.2) is 53.4 Å². The molecule has 1 heterocycles. The highest BCUT2D eigenvalue weighted by Gasteiger charge is 2.23. The molecular weight excluding hydrogens is 398 g/mol. The number of nitrogens with one attached hydrogen (secondary N) is 3. The molecule has 1 unspecified atom stereocenters. The lowest BCUT2D eigenvalue weighted by Gasteiger charge is -2.25. The van der Waals surface area contributed by atoms with Gasteiger partial charge in [0, 0.05) is 23.7 Å². The summed E-state index contributed by atoms with van der Waals surface area (Å²) in [6.07, 6.45) is 6.11. The zero-order chi connectivity index (χ0) is 21.0. The first-order chi connectivity index (χ1) is 14.5. The van der Waals surface area contributed by atoms with Crippen LogP contribution in [0.2, 0.25) is 0 Å². The Labute approximate surface area is 178 Å². The molecule has 0 radical (unpaired) electrons. The van der Waals surface area contributed by atoms with E-state index in [9.17, 15) is 13.2 Å². The van der Waals surface area contributed by atoms with Crippen molar-refractivity contribution in [1.29, 1.82) is 0 Å². The van der Waals surface area contributed by atoms with E-state index < -0.39 is 10.0 Å². The zero-order valence-electron chi connectivity index (χ0n) is 17.2. The van der Waals surface area contributed by atoms with Crippen molar-refractivity contribution in [3.63, 3.8) is 0 Å². The lowest BCUT2D eigenvalue weighted by Crippen LogP contribution is -3.12. The predicted octanol–water partition coefficient (Wildman–Crippen LogP) is 1.88. The summed E-state index contributed by atoms with van der Waals surface area (Å²) in [6.45, 7) is 2.19. The number of hydrogen-bond donors (Lipinski definition) is 3. The molecule has 1 saturated carbocycles. The second-order valence-corrected chi connectivity index (χ2v) is 10.1. The number of anilines is 1.